The predicted molar refractivity (Wildman–Crippen MR) is 81.5 cm³/mol. The molecule has 1 aliphatic carbocycles. The van der Waals surface area contributed by atoms with E-state index in [0.29, 0.717) is 12.0 Å². The van der Waals surface area contributed by atoms with E-state index < -0.39 is 0 Å². The van der Waals surface area contributed by atoms with Crippen molar-refractivity contribution >= 4 is 11.9 Å². The fourth-order valence-corrected chi connectivity index (χ4v) is 2.63. The summed E-state index contributed by atoms with van der Waals surface area (Å²) in [5, 5.41) is 0. The van der Waals surface area contributed by atoms with Crippen molar-refractivity contribution in [1.82, 2.24) is 15.0 Å². The van der Waals surface area contributed by atoms with Crippen LogP contribution in [0.2, 0.25) is 0 Å². The number of nitrogens with zero attached hydrogens (tertiary/aromatic N) is 4. The minimum Gasteiger partial charge on any atom is -0.460 e. The summed E-state index contributed by atoms with van der Waals surface area (Å²) in [4.78, 5) is 14.7. The van der Waals surface area contributed by atoms with Crippen molar-refractivity contribution < 1.29 is 9.47 Å². The summed E-state index contributed by atoms with van der Waals surface area (Å²) in [5.41, 5.74) is 5.77. The lowest BCUT2D eigenvalue weighted by Crippen LogP contribution is -2.30. The molecule has 1 aromatic heterocycles. The van der Waals surface area contributed by atoms with Gasteiger partial charge >= 0.3 is 6.01 Å². The Kier molecular flexibility index (Phi) is 5.55. The van der Waals surface area contributed by atoms with Crippen LogP contribution in [-0.4, -0.2) is 47.4 Å². The van der Waals surface area contributed by atoms with Crippen LogP contribution in [0.1, 0.15) is 39.5 Å². The van der Waals surface area contributed by atoms with E-state index in [1.165, 1.54) is 0 Å². The Balaban J connectivity index is 2.09. The van der Waals surface area contributed by atoms with Gasteiger partial charge in [0.25, 0.3) is 0 Å². The molecule has 0 amide bonds. The summed E-state index contributed by atoms with van der Waals surface area (Å²) in [6, 6.07) is 0.311. The second kappa shape index (κ2) is 7.40. The SMILES string of the molecule is CCN(CC)c1nc(N)nc(OC2CCCC(OC)C2)n1. The predicted octanol–water partition coefficient (Wildman–Crippen LogP) is 1.64. The van der Waals surface area contributed by atoms with E-state index in [1.54, 1.807) is 7.11 Å². The smallest absolute Gasteiger partial charge is 0.323 e. The van der Waals surface area contributed by atoms with E-state index in [1.807, 2.05) is 18.7 Å². The molecule has 7 nitrogen and oxygen atoms in total. The highest BCUT2D eigenvalue weighted by Gasteiger charge is 2.24. The molecule has 2 rings (SSSR count). The average Bonchev–Trinajstić information content (AvgIpc) is 2.48. The van der Waals surface area contributed by atoms with Crippen LogP contribution in [0.5, 0.6) is 6.01 Å². The van der Waals surface area contributed by atoms with Gasteiger partial charge in [0.05, 0.1) is 6.10 Å². The molecule has 0 spiro atoms. The van der Waals surface area contributed by atoms with Crippen molar-refractivity contribution in [2.75, 3.05) is 30.8 Å². The molecule has 2 unspecified atom stereocenters. The maximum Gasteiger partial charge on any atom is 0.323 e. The van der Waals surface area contributed by atoms with Gasteiger partial charge in [-0.2, -0.15) is 15.0 Å². The first-order valence-corrected chi connectivity index (χ1v) is 7.62. The summed E-state index contributed by atoms with van der Waals surface area (Å²) in [7, 11) is 1.74. The summed E-state index contributed by atoms with van der Waals surface area (Å²) in [6.07, 6.45) is 4.36. The van der Waals surface area contributed by atoms with Crippen molar-refractivity contribution in [2.45, 2.75) is 51.7 Å². The molecule has 1 aliphatic rings. The molecule has 2 atom stereocenters. The van der Waals surface area contributed by atoms with E-state index in [2.05, 4.69) is 15.0 Å². The van der Waals surface area contributed by atoms with Crippen molar-refractivity contribution in [3.05, 3.63) is 0 Å². The number of aromatic nitrogens is 3. The quantitative estimate of drug-likeness (QED) is 0.853. The van der Waals surface area contributed by atoms with Crippen molar-refractivity contribution in [3.63, 3.8) is 0 Å². The number of ether oxygens (including phenoxy) is 2. The van der Waals surface area contributed by atoms with Gasteiger partial charge in [0.2, 0.25) is 11.9 Å². The molecular formula is C14H25N5O2. The first kappa shape index (κ1) is 15.8. The Morgan fingerprint density at radius 2 is 1.86 bits per heavy atom. The van der Waals surface area contributed by atoms with Gasteiger partial charge in [-0.25, -0.2) is 0 Å². The van der Waals surface area contributed by atoms with Crippen molar-refractivity contribution in [1.29, 1.82) is 0 Å². The highest BCUT2D eigenvalue weighted by molar-refractivity contribution is 5.35. The number of hydrogen-bond acceptors (Lipinski definition) is 7. The van der Waals surface area contributed by atoms with E-state index in [0.717, 1.165) is 38.8 Å². The number of rotatable bonds is 6. The van der Waals surface area contributed by atoms with Crippen LogP contribution in [0, 0.1) is 0 Å². The zero-order valence-corrected chi connectivity index (χ0v) is 13.1. The van der Waals surface area contributed by atoms with E-state index in [9.17, 15) is 0 Å². The maximum absolute atomic E-state index is 5.90. The van der Waals surface area contributed by atoms with E-state index in [4.69, 9.17) is 15.2 Å². The first-order valence-electron chi connectivity index (χ1n) is 7.62. The zero-order valence-electron chi connectivity index (χ0n) is 13.1. The van der Waals surface area contributed by atoms with Gasteiger partial charge in [-0.05, 0) is 33.1 Å². The summed E-state index contributed by atoms with van der Waals surface area (Å²) >= 11 is 0. The number of anilines is 2. The number of methoxy groups -OCH3 is 1. The van der Waals surface area contributed by atoms with Crippen LogP contribution >= 0.6 is 0 Å². The molecule has 1 aromatic rings. The third kappa shape index (κ3) is 4.17. The Hall–Kier alpha value is -1.63. The average molecular weight is 295 g/mol. The van der Waals surface area contributed by atoms with Crippen LogP contribution in [-0.2, 0) is 4.74 Å². The number of nitrogen functional groups attached to an aromatic ring is 1. The normalized spacial score (nSPS) is 22.0. The number of hydrogen-bond donors (Lipinski definition) is 1. The van der Waals surface area contributed by atoms with Crippen LogP contribution in [0.15, 0.2) is 0 Å². The minimum absolute atomic E-state index is 0.0788. The lowest BCUT2D eigenvalue weighted by atomic mass is 9.95. The lowest BCUT2D eigenvalue weighted by molar-refractivity contribution is 0.0179. The van der Waals surface area contributed by atoms with E-state index >= 15 is 0 Å². The van der Waals surface area contributed by atoms with Crippen LogP contribution in [0.25, 0.3) is 0 Å². The summed E-state index contributed by atoms with van der Waals surface area (Å²) in [5.74, 6) is 0.766. The Morgan fingerprint density at radius 1 is 1.14 bits per heavy atom. The fourth-order valence-electron chi connectivity index (χ4n) is 2.63. The monoisotopic (exact) mass is 295 g/mol. The standard InChI is InChI=1S/C14H25N5O2/c1-4-19(5-2)13-16-12(15)17-14(18-13)21-11-8-6-7-10(9-11)20-3/h10-11H,4-9H2,1-3H3,(H2,15,16,17,18). The van der Waals surface area contributed by atoms with Crippen LogP contribution in [0.4, 0.5) is 11.9 Å². The van der Waals surface area contributed by atoms with Gasteiger partial charge < -0.3 is 20.1 Å². The van der Waals surface area contributed by atoms with Gasteiger partial charge in [-0.15, -0.1) is 0 Å². The topological polar surface area (TPSA) is 86.4 Å². The van der Waals surface area contributed by atoms with Gasteiger partial charge in [0.15, 0.2) is 0 Å². The Bertz CT molecular complexity index is 453. The molecule has 2 N–H and O–H groups in total. The highest BCUT2D eigenvalue weighted by Crippen LogP contribution is 2.24. The second-order valence-electron chi connectivity index (χ2n) is 5.21. The van der Waals surface area contributed by atoms with Gasteiger partial charge in [0, 0.05) is 26.6 Å². The molecule has 1 fully saturated rings. The van der Waals surface area contributed by atoms with Gasteiger partial charge in [0.1, 0.15) is 6.10 Å². The Labute approximate surface area is 125 Å². The largest absolute Gasteiger partial charge is 0.460 e. The van der Waals surface area contributed by atoms with E-state index in [-0.39, 0.29) is 18.2 Å². The van der Waals surface area contributed by atoms with Crippen LogP contribution < -0.4 is 15.4 Å². The highest BCUT2D eigenvalue weighted by atomic mass is 16.5. The zero-order chi connectivity index (χ0) is 15.2. The third-order valence-corrected chi connectivity index (χ3v) is 3.85. The molecule has 21 heavy (non-hydrogen) atoms. The molecule has 1 heterocycles. The van der Waals surface area contributed by atoms with Gasteiger partial charge in [-0.1, -0.05) is 0 Å². The molecule has 0 bridgehead atoms. The van der Waals surface area contributed by atoms with Crippen molar-refractivity contribution in [2.24, 2.45) is 0 Å². The Morgan fingerprint density at radius 3 is 2.52 bits per heavy atom. The van der Waals surface area contributed by atoms with Crippen LogP contribution in [0.3, 0.4) is 0 Å². The van der Waals surface area contributed by atoms with Crippen molar-refractivity contribution in [3.8, 4) is 6.01 Å². The minimum atomic E-state index is 0.0788. The second-order valence-corrected chi connectivity index (χ2v) is 5.21. The molecule has 0 aromatic carbocycles. The molecule has 7 heteroatoms. The molecule has 118 valence electrons. The summed E-state index contributed by atoms with van der Waals surface area (Å²) in [6.45, 7) is 5.73. The first-order chi connectivity index (χ1) is 10.2. The molecule has 1 saturated carbocycles. The maximum atomic E-state index is 5.90. The summed E-state index contributed by atoms with van der Waals surface area (Å²) < 4.78 is 11.3. The lowest BCUT2D eigenvalue weighted by Gasteiger charge is -2.28. The molecule has 0 radical (unpaired) electrons. The number of nitrogens with two attached hydrogens (primary N) is 1. The fraction of sp³-hybridized carbons (Fsp3) is 0.786. The molecule has 0 aliphatic heterocycles. The molecule has 0 saturated heterocycles. The third-order valence-electron chi connectivity index (χ3n) is 3.85. The van der Waals surface area contributed by atoms with Gasteiger partial charge in [-0.3, -0.25) is 0 Å². The molecular weight excluding hydrogens is 270 g/mol.